The number of aliphatic hydroxyl groups is 3. The zero-order valence-electron chi connectivity index (χ0n) is 12.3. The summed E-state index contributed by atoms with van der Waals surface area (Å²) < 4.78 is 0. The number of rotatable bonds is 3. The maximum absolute atomic E-state index is 12.5. The summed E-state index contributed by atoms with van der Waals surface area (Å²) in [6.07, 6.45) is 3.43. The molecule has 0 bridgehead atoms. The molecule has 3 N–H and O–H groups in total. The van der Waals surface area contributed by atoms with Crippen LogP contribution in [0.4, 0.5) is 0 Å². The fourth-order valence-corrected chi connectivity index (χ4v) is 2.61. The summed E-state index contributed by atoms with van der Waals surface area (Å²) in [4.78, 5) is 12.5. The van der Waals surface area contributed by atoms with Crippen LogP contribution in [0.5, 0.6) is 0 Å². The Labute approximate surface area is 133 Å². The highest BCUT2D eigenvalue weighted by Gasteiger charge is 2.39. The van der Waals surface area contributed by atoms with Gasteiger partial charge in [0.1, 0.15) is 5.76 Å². The van der Waals surface area contributed by atoms with E-state index in [2.05, 4.69) is 0 Å². The molecule has 0 aromatic heterocycles. The average molecular weight is 308 g/mol. The van der Waals surface area contributed by atoms with E-state index < -0.39 is 17.5 Å². The van der Waals surface area contributed by atoms with Gasteiger partial charge in [0.15, 0.2) is 5.78 Å². The smallest absolute Gasteiger partial charge is 0.200 e. The third-order valence-corrected chi connectivity index (χ3v) is 3.84. The van der Waals surface area contributed by atoms with Gasteiger partial charge >= 0.3 is 0 Å². The van der Waals surface area contributed by atoms with Crippen LogP contribution in [-0.2, 0) is 0 Å². The van der Waals surface area contributed by atoms with Crippen LogP contribution in [0.3, 0.4) is 0 Å². The molecule has 0 saturated carbocycles. The lowest BCUT2D eigenvalue weighted by atomic mass is 9.86. The molecule has 0 fully saturated rings. The van der Waals surface area contributed by atoms with Crippen molar-refractivity contribution in [1.29, 1.82) is 0 Å². The van der Waals surface area contributed by atoms with Crippen LogP contribution >= 0.6 is 0 Å². The monoisotopic (exact) mass is 308 g/mol. The summed E-state index contributed by atoms with van der Waals surface area (Å²) in [5, 5.41) is 29.2. The summed E-state index contributed by atoms with van der Waals surface area (Å²) in [6, 6.07) is 16.7. The number of Topliss-reactive ketones (excluding diaryl/α,β-unsaturated/α-hetero) is 1. The highest BCUT2D eigenvalue weighted by molar-refractivity contribution is 6.00. The molecule has 0 aliphatic heterocycles. The van der Waals surface area contributed by atoms with E-state index in [1.807, 2.05) is 42.5 Å². The van der Waals surface area contributed by atoms with Crippen molar-refractivity contribution in [3.8, 4) is 11.1 Å². The maximum atomic E-state index is 12.5. The standard InChI is InChI=1S/C19H16O4/c20-16-10-11-17(19(22,23)12-16)18(21)15-8-6-14(7-9-15)13-4-2-1-3-5-13/h1-12,17,20,22-23H. The third kappa shape index (κ3) is 3.08. The van der Waals surface area contributed by atoms with Crippen molar-refractivity contribution in [2.45, 2.75) is 5.79 Å². The molecule has 1 aliphatic carbocycles. The molecule has 0 saturated heterocycles. The van der Waals surface area contributed by atoms with Crippen molar-refractivity contribution >= 4 is 5.78 Å². The first-order valence-electron chi connectivity index (χ1n) is 7.22. The van der Waals surface area contributed by atoms with Crippen molar-refractivity contribution < 1.29 is 20.1 Å². The molecular weight excluding hydrogens is 292 g/mol. The molecule has 0 spiro atoms. The first kappa shape index (κ1) is 15.2. The Hall–Kier alpha value is -2.69. The first-order chi connectivity index (χ1) is 11.0. The van der Waals surface area contributed by atoms with Gasteiger partial charge in [0, 0.05) is 11.6 Å². The minimum Gasteiger partial charge on any atom is -0.508 e. The number of ketones is 1. The van der Waals surface area contributed by atoms with E-state index in [1.165, 1.54) is 12.2 Å². The van der Waals surface area contributed by atoms with E-state index in [0.29, 0.717) is 5.56 Å². The van der Waals surface area contributed by atoms with Crippen LogP contribution in [0.1, 0.15) is 10.4 Å². The van der Waals surface area contributed by atoms with E-state index in [1.54, 1.807) is 12.1 Å². The number of hydrogen-bond acceptors (Lipinski definition) is 4. The number of carbonyl (C=O) groups is 1. The van der Waals surface area contributed by atoms with Gasteiger partial charge in [0.2, 0.25) is 5.79 Å². The molecule has 0 heterocycles. The molecule has 2 aromatic carbocycles. The molecule has 23 heavy (non-hydrogen) atoms. The molecule has 0 amide bonds. The molecule has 4 nitrogen and oxygen atoms in total. The van der Waals surface area contributed by atoms with Crippen molar-refractivity contribution in [1.82, 2.24) is 0 Å². The lowest BCUT2D eigenvalue weighted by Crippen LogP contribution is -2.41. The van der Waals surface area contributed by atoms with Gasteiger partial charge in [-0.15, -0.1) is 0 Å². The van der Waals surface area contributed by atoms with Gasteiger partial charge in [-0.25, -0.2) is 0 Å². The molecule has 1 unspecified atom stereocenters. The summed E-state index contributed by atoms with van der Waals surface area (Å²) in [5.74, 6) is -4.25. The van der Waals surface area contributed by atoms with Gasteiger partial charge in [0.05, 0.1) is 5.92 Å². The summed E-state index contributed by atoms with van der Waals surface area (Å²) in [6.45, 7) is 0. The first-order valence-corrected chi connectivity index (χ1v) is 7.22. The Morgan fingerprint density at radius 3 is 2.13 bits per heavy atom. The largest absolute Gasteiger partial charge is 0.508 e. The van der Waals surface area contributed by atoms with Crippen LogP contribution in [0.2, 0.25) is 0 Å². The van der Waals surface area contributed by atoms with Crippen molar-refractivity contribution in [2.24, 2.45) is 5.92 Å². The SMILES string of the molecule is O=C(c1ccc(-c2ccccc2)cc1)C1C=CC(O)=CC1(O)O. The number of carbonyl (C=O) groups excluding carboxylic acids is 1. The second-order valence-electron chi connectivity index (χ2n) is 5.50. The molecule has 4 heteroatoms. The van der Waals surface area contributed by atoms with E-state index in [-0.39, 0.29) is 5.76 Å². The maximum Gasteiger partial charge on any atom is 0.200 e. The highest BCUT2D eigenvalue weighted by atomic mass is 16.5. The Balaban J connectivity index is 1.85. The molecule has 2 aromatic rings. The fourth-order valence-electron chi connectivity index (χ4n) is 2.61. The molecule has 3 rings (SSSR count). The van der Waals surface area contributed by atoms with Crippen LogP contribution in [0.15, 0.2) is 78.6 Å². The Morgan fingerprint density at radius 1 is 0.913 bits per heavy atom. The highest BCUT2D eigenvalue weighted by Crippen LogP contribution is 2.28. The van der Waals surface area contributed by atoms with Gasteiger partial charge in [0.25, 0.3) is 0 Å². The average Bonchev–Trinajstić information content (AvgIpc) is 2.54. The van der Waals surface area contributed by atoms with Crippen molar-refractivity contribution in [3.63, 3.8) is 0 Å². The summed E-state index contributed by atoms with van der Waals surface area (Å²) in [7, 11) is 0. The van der Waals surface area contributed by atoms with Gasteiger partial charge < -0.3 is 15.3 Å². The zero-order chi connectivity index (χ0) is 16.4. The predicted octanol–water partition coefficient (Wildman–Crippen LogP) is 2.85. The molecule has 1 aliphatic rings. The second-order valence-corrected chi connectivity index (χ2v) is 5.50. The predicted molar refractivity (Wildman–Crippen MR) is 86.7 cm³/mol. The number of hydrogen-bond donors (Lipinski definition) is 3. The van der Waals surface area contributed by atoms with Crippen LogP contribution in [0.25, 0.3) is 11.1 Å². The lowest BCUT2D eigenvalue weighted by molar-refractivity contribution is -0.138. The van der Waals surface area contributed by atoms with E-state index in [0.717, 1.165) is 17.2 Å². The minimum atomic E-state index is -2.39. The Morgan fingerprint density at radius 2 is 1.52 bits per heavy atom. The molecule has 0 radical (unpaired) electrons. The topological polar surface area (TPSA) is 77.8 Å². The van der Waals surface area contributed by atoms with Crippen LogP contribution < -0.4 is 0 Å². The zero-order valence-corrected chi connectivity index (χ0v) is 12.3. The second kappa shape index (κ2) is 5.83. The van der Waals surface area contributed by atoms with E-state index in [9.17, 15) is 20.1 Å². The Kier molecular flexibility index (Phi) is 3.86. The number of benzene rings is 2. The van der Waals surface area contributed by atoms with Gasteiger partial charge in [-0.3, -0.25) is 4.79 Å². The van der Waals surface area contributed by atoms with Crippen LogP contribution in [0, 0.1) is 5.92 Å². The van der Waals surface area contributed by atoms with Crippen LogP contribution in [-0.4, -0.2) is 26.9 Å². The molecule has 1 atom stereocenters. The minimum absolute atomic E-state index is 0.279. The lowest BCUT2D eigenvalue weighted by Gasteiger charge is -2.27. The molecule has 116 valence electrons. The van der Waals surface area contributed by atoms with Crippen molar-refractivity contribution in [2.75, 3.05) is 0 Å². The van der Waals surface area contributed by atoms with Crippen molar-refractivity contribution in [3.05, 3.63) is 84.1 Å². The summed E-state index contributed by atoms with van der Waals surface area (Å²) in [5.41, 5.74) is 2.38. The quantitative estimate of drug-likeness (QED) is 0.602. The number of aliphatic hydroxyl groups excluding tert-OH is 1. The van der Waals surface area contributed by atoms with Gasteiger partial charge in [-0.05, 0) is 17.2 Å². The van der Waals surface area contributed by atoms with E-state index >= 15 is 0 Å². The van der Waals surface area contributed by atoms with Gasteiger partial charge in [-0.2, -0.15) is 0 Å². The number of allylic oxidation sites excluding steroid dienone is 1. The molecular formula is C19H16O4. The third-order valence-electron chi connectivity index (χ3n) is 3.84. The summed E-state index contributed by atoms with van der Waals surface area (Å²) >= 11 is 0. The normalized spacial score (nSPS) is 19.2. The Bertz CT molecular complexity index is 771. The van der Waals surface area contributed by atoms with Gasteiger partial charge in [-0.1, -0.05) is 60.7 Å². The fraction of sp³-hybridized carbons (Fsp3) is 0.105. The van der Waals surface area contributed by atoms with E-state index in [4.69, 9.17) is 0 Å².